The molecule has 2 nitrogen and oxygen atoms in total. The molecule has 2 aliphatic rings. The van der Waals surface area contributed by atoms with Crippen molar-refractivity contribution in [1.82, 2.24) is 0 Å². The van der Waals surface area contributed by atoms with E-state index in [1.807, 2.05) is 0 Å². The van der Waals surface area contributed by atoms with Gasteiger partial charge in [0, 0.05) is 28.4 Å². The van der Waals surface area contributed by atoms with Crippen molar-refractivity contribution in [3.05, 3.63) is 107 Å². The van der Waals surface area contributed by atoms with Crippen molar-refractivity contribution < 1.29 is 0 Å². The first-order valence-corrected chi connectivity index (χ1v) is 11.9. The summed E-state index contributed by atoms with van der Waals surface area (Å²) in [5, 5.41) is 7.35. The normalized spacial score (nSPS) is 17.8. The van der Waals surface area contributed by atoms with Crippen LogP contribution in [0.2, 0.25) is 0 Å². The Hall–Kier alpha value is -3.26. The third kappa shape index (κ3) is 4.11. The average molecular weight is 435 g/mol. The van der Waals surface area contributed by atoms with Crippen LogP contribution in [0, 0.1) is 0 Å². The zero-order valence-corrected chi connectivity index (χ0v) is 20.6. The van der Waals surface area contributed by atoms with E-state index in [-0.39, 0.29) is 17.0 Å². The number of nitrogens with one attached hydrogen (secondary N) is 2. The second kappa shape index (κ2) is 7.66. The molecular weight excluding hydrogens is 400 g/mol. The summed E-state index contributed by atoms with van der Waals surface area (Å²) in [5.41, 5.74) is 11.6. The van der Waals surface area contributed by atoms with Gasteiger partial charge >= 0.3 is 0 Å². The second-order valence-corrected chi connectivity index (χ2v) is 10.8. The summed E-state index contributed by atoms with van der Waals surface area (Å²) < 4.78 is 0. The van der Waals surface area contributed by atoms with Gasteiger partial charge in [0.15, 0.2) is 0 Å². The summed E-state index contributed by atoms with van der Waals surface area (Å²) >= 11 is 0. The zero-order valence-electron chi connectivity index (χ0n) is 20.6. The SMILES string of the molecule is CC1=CC(C)(C)Nc2ccc(C(c3ccccc3)c3ccc4c(c3)C(C)=CC(C)(C)N4)cc21. The Bertz CT molecular complexity index is 1190. The Morgan fingerprint density at radius 1 is 0.576 bits per heavy atom. The van der Waals surface area contributed by atoms with Crippen molar-refractivity contribution in [3.8, 4) is 0 Å². The minimum atomic E-state index is -0.0272. The maximum absolute atomic E-state index is 3.67. The molecule has 0 saturated carbocycles. The molecule has 0 bridgehead atoms. The summed E-state index contributed by atoms with van der Waals surface area (Å²) in [7, 11) is 0. The van der Waals surface area contributed by atoms with E-state index < -0.39 is 0 Å². The number of fused-ring (bicyclic) bond motifs is 2. The highest BCUT2D eigenvalue weighted by Gasteiger charge is 2.27. The molecule has 0 unspecified atom stereocenters. The molecule has 33 heavy (non-hydrogen) atoms. The number of allylic oxidation sites excluding steroid dienone is 2. The molecule has 0 fully saturated rings. The van der Waals surface area contributed by atoms with Gasteiger partial charge in [-0.05, 0) is 93.6 Å². The van der Waals surface area contributed by atoms with E-state index in [9.17, 15) is 0 Å². The van der Waals surface area contributed by atoms with Crippen LogP contribution < -0.4 is 10.6 Å². The van der Waals surface area contributed by atoms with Gasteiger partial charge in [0.05, 0.1) is 11.1 Å². The Balaban J connectivity index is 1.64. The smallest absolute Gasteiger partial charge is 0.0505 e. The average Bonchev–Trinajstić information content (AvgIpc) is 2.74. The summed E-state index contributed by atoms with van der Waals surface area (Å²) in [6.07, 6.45) is 4.66. The van der Waals surface area contributed by atoms with Gasteiger partial charge in [-0.3, -0.25) is 0 Å². The fraction of sp³-hybridized carbons (Fsp3) is 0.290. The Kier molecular flexibility index (Phi) is 5.01. The van der Waals surface area contributed by atoms with Gasteiger partial charge in [-0.15, -0.1) is 0 Å². The predicted molar refractivity (Wildman–Crippen MR) is 143 cm³/mol. The van der Waals surface area contributed by atoms with Crippen molar-refractivity contribution in [2.75, 3.05) is 10.6 Å². The first kappa shape index (κ1) is 21.6. The predicted octanol–water partition coefficient (Wildman–Crippen LogP) is 8.08. The lowest BCUT2D eigenvalue weighted by atomic mass is 9.81. The van der Waals surface area contributed by atoms with E-state index in [1.54, 1.807) is 0 Å². The number of rotatable bonds is 3. The van der Waals surface area contributed by atoms with Gasteiger partial charge < -0.3 is 10.6 Å². The van der Waals surface area contributed by atoms with E-state index in [2.05, 4.69) is 131 Å². The van der Waals surface area contributed by atoms with Crippen LogP contribution in [0.3, 0.4) is 0 Å². The van der Waals surface area contributed by atoms with E-state index in [0.717, 1.165) is 0 Å². The molecule has 2 N–H and O–H groups in total. The summed E-state index contributed by atoms with van der Waals surface area (Å²) in [4.78, 5) is 0. The van der Waals surface area contributed by atoms with Gasteiger partial charge in [-0.2, -0.15) is 0 Å². The number of hydrogen-bond acceptors (Lipinski definition) is 2. The van der Waals surface area contributed by atoms with Gasteiger partial charge in [-0.1, -0.05) is 54.6 Å². The number of hydrogen-bond donors (Lipinski definition) is 2. The summed E-state index contributed by atoms with van der Waals surface area (Å²) in [6, 6.07) is 24.7. The fourth-order valence-electron chi connectivity index (χ4n) is 5.58. The molecule has 2 heterocycles. The van der Waals surface area contributed by atoms with Crippen LogP contribution in [0.1, 0.15) is 75.3 Å². The number of anilines is 2. The summed E-state index contributed by atoms with van der Waals surface area (Å²) in [5.74, 6) is 0.173. The lowest BCUT2D eigenvalue weighted by Gasteiger charge is -2.33. The quantitative estimate of drug-likeness (QED) is 0.407. The second-order valence-electron chi connectivity index (χ2n) is 10.8. The van der Waals surface area contributed by atoms with Crippen LogP contribution in [0.15, 0.2) is 78.9 Å². The van der Waals surface area contributed by atoms with Crippen LogP contribution in [0.4, 0.5) is 11.4 Å². The van der Waals surface area contributed by atoms with E-state index in [1.165, 1.54) is 50.3 Å². The highest BCUT2D eigenvalue weighted by atomic mass is 15.0. The molecule has 0 radical (unpaired) electrons. The third-order valence-electron chi connectivity index (χ3n) is 6.80. The number of benzene rings is 3. The Morgan fingerprint density at radius 3 is 1.48 bits per heavy atom. The Labute approximate surface area is 198 Å². The van der Waals surface area contributed by atoms with Gasteiger partial charge in [0.25, 0.3) is 0 Å². The zero-order chi connectivity index (χ0) is 23.4. The van der Waals surface area contributed by atoms with Crippen LogP contribution >= 0.6 is 0 Å². The van der Waals surface area contributed by atoms with Gasteiger partial charge in [0.2, 0.25) is 0 Å². The third-order valence-corrected chi connectivity index (χ3v) is 6.80. The molecule has 0 atom stereocenters. The van der Waals surface area contributed by atoms with Gasteiger partial charge in [0.1, 0.15) is 0 Å². The van der Waals surface area contributed by atoms with E-state index >= 15 is 0 Å². The topological polar surface area (TPSA) is 24.1 Å². The van der Waals surface area contributed by atoms with Crippen LogP contribution in [-0.4, -0.2) is 11.1 Å². The first-order chi connectivity index (χ1) is 15.6. The maximum Gasteiger partial charge on any atom is 0.0505 e. The van der Waals surface area contributed by atoms with Crippen LogP contribution in [-0.2, 0) is 0 Å². The monoisotopic (exact) mass is 434 g/mol. The minimum Gasteiger partial charge on any atom is -0.376 e. The molecule has 0 saturated heterocycles. The molecule has 3 aromatic carbocycles. The summed E-state index contributed by atoms with van der Waals surface area (Å²) in [6.45, 7) is 13.3. The molecule has 0 spiro atoms. The van der Waals surface area contributed by atoms with Crippen molar-refractivity contribution in [3.63, 3.8) is 0 Å². The molecule has 5 rings (SSSR count). The van der Waals surface area contributed by atoms with Crippen LogP contribution in [0.25, 0.3) is 11.1 Å². The van der Waals surface area contributed by atoms with Crippen molar-refractivity contribution in [2.24, 2.45) is 0 Å². The molecule has 2 aliphatic heterocycles. The van der Waals surface area contributed by atoms with E-state index in [4.69, 9.17) is 0 Å². The van der Waals surface area contributed by atoms with Crippen molar-refractivity contribution in [1.29, 1.82) is 0 Å². The molecule has 0 aliphatic carbocycles. The molecule has 3 aromatic rings. The standard InChI is InChI=1S/C31H34N2/c1-20-18-30(3,4)32-27-14-12-23(16-25(20)27)29(22-10-8-7-9-11-22)24-13-15-28-26(17-24)21(2)19-31(5,6)33-28/h7-19,29,32-33H,1-6H3. The van der Waals surface area contributed by atoms with Crippen molar-refractivity contribution in [2.45, 2.75) is 58.5 Å². The largest absolute Gasteiger partial charge is 0.376 e. The minimum absolute atomic E-state index is 0.0272. The fourth-order valence-corrected chi connectivity index (χ4v) is 5.58. The van der Waals surface area contributed by atoms with Crippen molar-refractivity contribution >= 4 is 22.5 Å². The molecule has 0 aromatic heterocycles. The molecular formula is C31H34N2. The lowest BCUT2D eigenvalue weighted by molar-refractivity contribution is 0.707. The highest BCUT2D eigenvalue weighted by molar-refractivity contribution is 5.82. The maximum atomic E-state index is 3.67. The lowest BCUT2D eigenvalue weighted by Crippen LogP contribution is -2.31. The Morgan fingerprint density at radius 2 is 1.03 bits per heavy atom. The van der Waals surface area contributed by atoms with E-state index in [0.29, 0.717) is 0 Å². The molecule has 168 valence electrons. The van der Waals surface area contributed by atoms with Gasteiger partial charge in [-0.25, -0.2) is 0 Å². The first-order valence-electron chi connectivity index (χ1n) is 11.9. The van der Waals surface area contributed by atoms with Crippen LogP contribution in [0.5, 0.6) is 0 Å². The molecule has 0 amide bonds. The molecule has 2 heteroatoms. The highest BCUT2D eigenvalue weighted by Crippen LogP contribution is 2.41.